The average Bonchev–Trinajstić information content (AvgIpc) is 3.01. The third-order valence-corrected chi connectivity index (χ3v) is 2.86. The minimum atomic E-state index is -0.0445. The molecule has 1 aromatic heterocycles. The normalized spacial score (nSPS) is 10.8. The van der Waals surface area contributed by atoms with Crippen molar-refractivity contribution < 1.29 is 13.9 Å². The van der Waals surface area contributed by atoms with Crippen molar-refractivity contribution in [3.05, 3.63) is 24.2 Å². The van der Waals surface area contributed by atoms with Gasteiger partial charge in [0, 0.05) is 40.2 Å². The van der Waals surface area contributed by atoms with Crippen molar-refractivity contribution >= 4 is 35.8 Å². The predicted molar refractivity (Wildman–Crippen MR) is 101 cm³/mol. The van der Waals surface area contributed by atoms with Crippen LogP contribution in [0.5, 0.6) is 0 Å². The van der Waals surface area contributed by atoms with Crippen LogP contribution in [0.2, 0.25) is 0 Å². The van der Waals surface area contributed by atoms with Crippen LogP contribution in [-0.4, -0.2) is 63.7 Å². The Kier molecular flexibility index (Phi) is 12.4. The number of furan rings is 1. The fourth-order valence-electron chi connectivity index (χ4n) is 1.61. The van der Waals surface area contributed by atoms with Crippen molar-refractivity contribution in [3.8, 4) is 0 Å². The highest BCUT2D eigenvalue weighted by Gasteiger charge is 2.04. The molecule has 7 nitrogen and oxygen atoms in total. The number of nitrogens with one attached hydrogen (secondary N) is 2. The molecule has 1 rings (SSSR count). The molecule has 23 heavy (non-hydrogen) atoms. The van der Waals surface area contributed by atoms with E-state index in [-0.39, 0.29) is 36.4 Å². The summed E-state index contributed by atoms with van der Waals surface area (Å²) in [5, 5.41) is 6.32. The van der Waals surface area contributed by atoms with Crippen molar-refractivity contribution in [2.24, 2.45) is 4.99 Å². The molecule has 0 fully saturated rings. The monoisotopic (exact) mass is 438 g/mol. The van der Waals surface area contributed by atoms with Crippen LogP contribution in [0.25, 0.3) is 0 Å². The van der Waals surface area contributed by atoms with Crippen LogP contribution in [0, 0.1) is 0 Å². The van der Waals surface area contributed by atoms with Gasteiger partial charge in [0.2, 0.25) is 5.91 Å². The van der Waals surface area contributed by atoms with Gasteiger partial charge in [-0.25, -0.2) is 4.99 Å². The highest BCUT2D eigenvalue weighted by atomic mass is 127. The Hall–Kier alpha value is -1.29. The molecular weight excluding hydrogens is 411 g/mol. The summed E-state index contributed by atoms with van der Waals surface area (Å²) < 4.78 is 10.6. The Morgan fingerprint density at radius 1 is 1.35 bits per heavy atom. The molecular formula is C15H27IN4O3. The van der Waals surface area contributed by atoms with Crippen LogP contribution in [0.15, 0.2) is 27.8 Å². The summed E-state index contributed by atoms with van der Waals surface area (Å²) in [6.07, 6.45) is 2.40. The average molecular weight is 438 g/mol. The van der Waals surface area contributed by atoms with E-state index < -0.39 is 0 Å². The predicted octanol–water partition coefficient (Wildman–Crippen LogP) is 1.10. The second kappa shape index (κ2) is 13.2. The van der Waals surface area contributed by atoms with E-state index in [0.29, 0.717) is 32.3 Å². The smallest absolute Gasteiger partial charge is 0.243 e. The number of nitrogens with zero attached hydrogens (tertiary/aromatic N) is 2. The van der Waals surface area contributed by atoms with Crippen molar-refractivity contribution in [1.82, 2.24) is 15.5 Å². The topological polar surface area (TPSA) is 79.1 Å². The molecule has 0 aliphatic carbocycles. The third-order valence-electron chi connectivity index (χ3n) is 2.86. The van der Waals surface area contributed by atoms with Gasteiger partial charge in [-0.3, -0.25) is 4.79 Å². The zero-order valence-corrected chi connectivity index (χ0v) is 16.3. The van der Waals surface area contributed by atoms with Gasteiger partial charge >= 0.3 is 0 Å². The molecule has 0 radical (unpaired) electrons. The molecule has 1 aromatic rings. The Bertz CT molecular complexity index is 450. The first-order chi connectivity index (χ1) is 10.6. The van der Waals surface area contributed by atoms with E-state index in [1.54, 1.807) is 20.4 Å². The summed E-state index contributed by atoms with van der Waals surface area (Å²) in [7, 11) is 3.43. The molecule has 0 spiro atoms. The Labute approximate surface area is 154 Å². The number of ether oxygens (including phenoxy) is 1. The second-order valence-corrected chi connectivity index (χ2v) is 4.83. The van der Waals surface area contributed by atoms with E-state index in [1.165, 1.54) is 4.90 Å². The number of rotatable bonds is 9. The number of hydrogen-bond acceptors (Lipinski definition) is 4. The minimum absolute atomic E-state index is 0. The fourth-order valence-corrected chi connectivity index (χ4v) is 1.61. The van der Waals surface area contributed by atoms with Gasteiger partial charge in [0.25, 0.3) is 0 Å². The molecule has 8 heteroatoms. The van der Waals surface area contributed by atoms with Crippen LogP contribution < -0.4 is 10.6 Å². The molecule has 1 amide bonds. The van der Waals surface area contributed by atoms with Crippen molar-refractivity contribution in [2.75, 3.05) is 46.9 Å². The van der Waals surface area contributed by atoms with Crippen LogP contribution in [-0.2, 0) is 16.0 Å². The highest BCUT2D eigenvalue weighted by molar-refractivity contribution is 14.0. The molecule has 2 N–H and O–H groups in total. The third kappa shape index (κ3) is 10.2. The summed E-state index contributed by atoms with van der Waals surface area (Å²) in [5.41, 5.74) is 0. The molecule has 0 atom stereocenters. The molecule has 0 saturated carbocycles. The molecule has 0 aromatic carbocycles. The summed E-state index contributed by atoms with van der Waals surface area (Å²) in [6, 6.07) is 3.79. The van der Waals surface area contributed by atoms with E-state index in [9.17, 15) is 4.79 Å². The number of amides is 1. The van der Waals surface area contributed by atoms with Gasteiger partial charge in [0.15, 0.2) is 5.96 Å². The number of aliphatic imine (C=N–C) groups is 1. The maximum Gasteiger partial charge on any atom is 0.243 e. The fraction of sp³-hybridized carbons (Fsp3) is 0.600. The first kappa shape index (κ1) is 21.7. The maximum atomic E-state index is 11.6. The number of hydrogen-bond donors (Lipinski definition) is 2. The number of halogens is 1. The van der Waals surface area contributed by atoms with E-state index in [1.807, 2.05) is 19.1 Å². The Morgan fingerprint density at radius 3 is 2.70 bits per heavy atom. The maximum absolute atomic E-state index is 11.6. The number of guanidine groups is 1. The molecule has 1 heterocycles. The van der Waals surface area contributed by atoms with Gasteiger partial charge in [-0.1, -0.05) is 0 Å². The van der Waals surface area contributed by atoms with Crippen LogP contribution in [0.1, 0.15) is 12.7 Å². The molecule has 132 valence electrons. The minimum Gasteiger partial charge on any atom is -0.469 e. The lowest BCUT2D eigenvalue weighted by atomic mass is 10.3. The number of carbonyl (C=O) groups is 1. The Balaban J connectivity index is 0.00000484. The van der Waals surface area contributed by atoms with E-state index in [4.69, 9.17) is 9.15 Å². The highest BCUT2D eigenvalue weighted by Crippen LogP contribution is 1.99. The van der Waals surface area contributed by atoms with E-state index in [2.05, 4.69) is 15.6 Å². The zero-order valence-electron chi connectivity index (χ0n) is 14.0. The lowest BCUT2D eigenvalue weighted by molar-refractivity contribution is -0.127. The lowest BCUT2D eigenvalue weighted by Crippen LogP contribution is -2.40. The first-order valence-electron chi connectivity index (χ1n) is 7.46. The molecule has 0 aliphatic heterocycles. The second-order valence-electron chi connectivity index (χ2n) is 4.83. The molecule has 0 aliphatic rings. The SMILES string of the molecule is CCOCCNC(=NCC(=O)N(C)C)NCCc1ccco1.I. The number of likely N-dealkylation sites (N-methyl/N-ethyl adjacent to an activating group) is 1. The van der Waals surface area contributed by atoms with Gasteiger partial charge in [0.1, 0.15) is 12.3 Å². The van der Waals surface area contributed by atoms with Gasteiger partial charge in [-0.2, -0.15) is 0 Å². The van der Waals surface area contributed by atoms with Crippen LogP contribution in [0.3, 0.4) is 0 Å². The summed E-state index contributed by atoms with van der Waals surface area (Å²) in [6.45, 7) is 4.64. The first-order valence-corrected chi connectivity index (χ1v) is 7.46. The van der Waals surface area contributed by atoms with Crippen LogP contribution >= 0.6 is 24.0 Å². The summed E-state index contributed by atoms with van der Waals surface area (Å²) >= 11 is 0. The largest absolute Gasteiger partial charge is 0.469 e. The summed E-state index contributed by atoms with van der Waals surface area (Å²) in [5.74, 6) is 1.46. The zero-order chi connectivity index (χ0) is 16.2. The molecule has 0 unspecified atom stereocenters. The van der Waals surface area contributed by atoms with Crippen molar-refractivity contribution in [2.45, 2.75) is 13.3 Å². The van der Waals surface area contributed by atoms with Crippen LogP contribution in [0.4, 0.5) is 0 Å². The number of carbonyl (C=O) groups excluding carboxylic acids is 1. The van der Waals surface area contributed by atoms with E-state index >= 15 is 0 Å². The summed E-state index contributed by atoms with van der Waals surface area (Å²) in [4.78, 5) is 17.4. The van der Waals surface area contributed by atoms with Gasteiger partial charge in [-0.15, -0.1) is 24.0 Å². The molecule has 0 bridgehead atoms. The molecule has 0 saturated heterocycles. The van der Waals surface area contributed by atoms with E-state index in [0.717, 1.165) is 12.2 Å². The van der Waals surface area contributed by atoms with Gasteiger partial charge in [0.05, 0.1) is 12.9 Å². The quantitative estimate of drug-likeness (QED) is 0.261. The van der Waals surface area contributed by atoms with Crippen molar-refractivity contribution in [3.63, 3.8) is 0 Å². The Morgan fingerprint density at radius 2 is 2.09 bits per heavy atom. The van der Waals surface area contributed by atoms with Crippen molar-refractivity contribution in [1.29, 1.82) is 0 Å². The lowest BCUT2D eigenvalue weighted by Gasteiger charge is -2.13. The van der Waals surface area contributed by atoms with Gasteiger partial charge in [-0.05, 0) is 19.1 Å². The van der Waals surface area contributed by atoms with Gasteiger partial charge < -0.3 is 24.7 Å². The standard InChI is InChI=1S/C15H26N4O3.HI/c1-4-21-11-9-17-15(18-12-14(20)19(2)3)16-8-7-13-6-5-10-22-13;/h5-6,10H,4,7-9,11-12H2,1-3H3,(H2,16,17,18);1H.